The third kappa shape index (κ3) is 2.14. The molecule has 1 aliphatic rings. The van der Waals surface area contributed by atoms with Crippen molar-refractivity contribution in [2.75, 3.05) is 0 Å². The van der Waals surface area contributed by atoms with Gasteiger partial charge in [-0.1, -0.05) is 18.7 Å². The fourth-order valence-corrected chi connectivity index (χ4v) is 2.89. The lowest BCUT2D eigenvalue weighted by molar-refractivity contribution is -0.124. The number of nitrogens with one attached hydrogen (secondary N) is 1. The van der Waals surface area contributed by atoms with Gasteiger partial charge >= 0.3 is 0 Å². The van der Waals surface area contributed by atoms with E-state index < -0.39 is 6.04 Å². The number of fused-ring (bicyclic) bond motifs is 1. The monoisotopic (exact) mass is 283 g/mol. The van der Waals surface area contributed by atoms with Crippen molar-refractivity contribution in [1.82, 2.24) is 14.9 Å². The number of hydrogen-bond acceptors (Lipinski definition) is 3. The molecule has 1 aromatic heterocycles. The molecular formula is C16H17N3O2. The molecule has 0 saturated carbocycles. The average Bonchev–Trinajstić information content (AvgIpc) is 2.40. The third-order valence-electron chi connectivity index (χ3n) is 3.95. The minimum absolute atomic E-state index is 0.150. The summed E-state index contributed by atoms with van der Waals surface area (Å²) in [7, 11) is 0. The fraction of sp³-hybridized carbons (Fsp3) is 0.312. The zero-order valence-electron chi connectivity index (χ0n) is 12.1. The van der Waals surface area contributed by atoms with Crippen molar-refractivity contribution in [2.24, 2.45) is 0 Å². The largest absolute Gasteiger partial charge is 0.329 e. The van der Waals surface area contributed by atoms with Crippen LogP contribution in [0.15, 0.2) is 35.3 Å². The number of carbonyl (C=O) groups excluding carboxylic acids is 1. The average molecular weight is 283 g/mol. The predicted octanol–water partition coefficient (Wildman–Crippen LogP) is 1.98. The van der Waals surface area contributed by atoms with Crippen LogP contribution in [0.5, 0.6) is 0 Å². The molecule has 3 rings (SSSR count). The van der Waals surface area contributed by atoms with Crippen LogP contribution < -0.4 is 10.9 Å². The minimum atomic E-state index is -0.514. The minimum Gasteiger partial charge on any atom is -0.329 e. The van der Waals surface area contributed by atoms with Gasteiger partial charge in [-0.25, -0.2) is 4.98 Å². The summed E-state index contributed by atoms with van der Waals surface area (Å²) in [4.78, 5) is 29.5. The Morgan fingerprint density at radius 3 is 2.81 bits per heavy atom. The number of hydrogen-bond donors (Lipinski definition) is 1. The number of aromatic nitrogens is 2. The summed E-state index contributed by atoms with van der Waals surface area (Å²) >= 11 is 0. The molecule has 1 amide bonds. The molecule has 1 N–H and O–H groups in total. The van der Waals surface area contributed by atoms with E-state index in [4.69, 9.17) is 0 Å². The van der Waals surface area contributed by atoms with Crippen LogP contribution in [0.1, 0.15) is 30.3 Å². The van der Waals surface area contributed by atoms with Crippen molar-refractivity contribution in [2.45, 2.75) is 32.7 Å². The van der Waals surface area contributed by atoms with Crippen molar-refractivity contribution in [3.05, 3.63) is 52.2 Å². The van der Waals surface area contributed by atoms with Gasteiger partial charge in [0.2, 0.25) is 5.91 Å². The van der Waals surface area contributed by atoms with E-state index in [1.54, 1.807) is 6.92 Å². The third-order valence-corrected chi connectivity index (χ3v) is 3.95. The Kier molecular flexibility index (Phi) is 3.12. The molecular weight excluding hydrogens is 266 g/mol. The molecule has 108 valence electrons. The van der Waals surface area contributed by atoms with Crippen LogP contribution in [0.3, 0.4) is 0 Å². The number of amides is 1. The summed E-state index contributed by atoms with van der Waals surface area (Å²) in [5.41, 5.74) is 2.10. The van der Waals surface area contributed by atoms with E-state index >= 15 is 0 Å². The SMILES string of the molecule is C=C1CC[C@@H](n2c(C)nc3cccc(C)c3c2=O)C(=O)N1. The second-order valence-corrected chi connectivity index (χ2v) is 5.45. The van der Waals surface area contributed by atoms with Gasteiger partial charge in [-0.05, 0) is 38.3 Å². The van der Waals surface area contributed by atoms with E-state index in [1.165, 1.54) is 4.57 Å². The molecule has 5 heteroatoms. The van der Waals surface area contributed by atoms with Gasteiger partial charge < -0.3 is 5.32 Å². The molecule has 5 nitrogen and oxygen atoms in total. The highest BCUT2D eigenvalue weighted by atomic mass is 16.2. The smallest absolute Gasteiger partial charge is 0.262 e. The van der Waals surface area contributed by atoms with Crippen LogP contribution in [-0.2, 0) is 4.79 Å². The van der Waals surface area contributed by atoms with Crippen LogP contribution in [0.2, 0.25) is 0 Å². The molecule has 1 atom stereocenters. The van der Waals surface area contributed by atoms with Crippen molar-refractivity contribution < 1.29 is 4.79 Å². The first kappa shape index (κ1) is 13.5. The van der Waals surface area contributed by atoms with E-state index in [1.807, 2.05) is 25.1 Å². The highest BCUT2D eigenvalue weighted by Gasteiger charge is 2.28. The first-order chi connectivity index (χ1) is 9.99. The van der Waals surface area contributed by atoms with E-state index in [9.17, 15) is 9.59 Å². The molecule has 1 fully saturated rings. The van der Waals surface area contributed by atoms with Gasteiger partial charge in [-0.15, -0.1) is 0 Å². The van der Waals surface area contributed by atoms with Gasteiger partial charge in [0.25, 0.3) is 5.56 Å². The number of piperidine rings is 1. The summed E-state index contributed by atoms with van der Waals surface area (Å²) in [6, 6.07) is 5.07. The van der Waals surface area contributed by atoms with Crippen molar-refractivity contribution in [3.8, 4) is 0 Å². The van der Waals surface area contributed by atoms with Crippen molar-refractivity contribution in [3.63, 3.8) is 0 Å². The van der Waals surface area contributed by atoms with Crippen LogP contribution in [-0.4, -0.2) is 15.5 Å². The van der Waals surface area contributed by atoms with Crippen LogP contribution in [0.4, 0.5) is 0 Å². The first-order valence-corrected chi connectivity index (χ1v) is 6.96. The van der Waals surface area contributed by atoms with Crippen molar-refractivity contribution >= 4 is 16.8 Å². The summed E-state index contributed by atoms with van der Waals surface area (Å²) in [6.45, 7) is 7.41. The molecule has 1 saturated heterocycles. The topological polar surface area (TPSA) is 64.0 Å². The second-order valence-electron chi connectivity index (χ2n) is 5.45. The zero-order chi connectivity index (χ0) is 15.1. The number of rotatable bonds is 1. The Morgan fingerprint density at radius 2 is 2.10 bits per heavy atom. The van der Waals surface area contributed by atoms with Gasteiger partial charge in [0, 0.05) is 5.70 Å². The highest BCUT2D eigenvalue weighted by molar-refractivity contribution is 5.85. The van der Waals surface area contributed by atoms with Gasteiger partial charge in [-0.2, -0.15) is 0 Å². The van der Waals surface area contributed by atoms with Crippen LogP contribution in [0.25, 0.3) is 10.9 Å². The maximum atomic E-state index is 12.8. The Balaban J connectivity index is 2.24. The van der Waals surface area contributed by atoms with Gasteiger partial charge in [0.05, 0.1) is 10.9 Å². The second kappa shape index (κ2) is 4.84. The maximum Gasteiger partial charge on any atom is 0.262 e. The normalized spacial score (nSPS) is 18.9. The predicted molar refractivity (Wildman–Crippen MR) is 81.0 cm³/mol. The van der Waals surface area contributed by atoms with E-state index in [0.717, 1.165) is 5.56 Å². The molecule has 2 heterocycles. The van der Waals surface area contributed by atoms with E-state index in [2.05, 4.69) is 16.9 Å². The standard InChI is InChI=1S/C16H17N3O2/c1-9-5-4-6-12-14(9)16(21)19(11(3)18-12)13-8-7-10(2)17-15(13)20/h4-6,13H,2,7-8H2,1,3H3,(H,17,20)/t13-/m1/s1. The van der Waals surface area contributed by atoms with Crippen LogP contribution in [0, 0.1) is 13.8 Å². The Bertz CT molecular complexity index is 820. The number of nitrogens with zero attached hydrogens (tertiary/aromatic N) is 2. The number of carbonyl (C=O) groups is 1. The molecule has 21 heavy (non-hydrogen) atoms. The summed E-state index contributed by atoms with van der Waals surface area (Å²) in [5.74, 6) is 0.372. The molecule has 0 unspecified atom stereocenters. The molecule has 1 aromatic carbocycles. The fourth-order valence-electron chi connectivity index (χ4n) is 2.89. The molecule has 0 spiro atoms. The summed E-state index contributed by atoms with van der Waals surface area (Å²) < 4.78 is 1.51. The lowest BCUT2D eigenvalue weighted by atomic mass is 10.0. The molecule has 2 aromatic rings. The number of aryl methyl sites for hydroxylation is 2. The quantitative estimate of drug-likeness (QED) is 0.870. The van der Waals surface area contributed by atoms with E-state index in [0.29, 0.717) is 35.3 Å². The summed E-state index contributed by atoms with van der Waals surface area (Å²) in [5, 5.41) is 3.31. The molecule has 1 aliphatic heterocycles. The molecule has 0 bridgehead atoms. The van der Waals surface area contributed by atoms with Crippen molar-refractivity contribution in [1.29, 1.82) is 0 Å². The number of benzene rings is 1. The Morgan fingerprint density at radius 1 is 1.33 bits per heavy atom. The van der Waals surface area contributed by atoms with Gasteiger partial charge in [0.1, 0.15) is 11.9 Å². The van der Waals surface area contributed by atoms with E-state index in [-0.39, 0.29) is 11.5 Å². The highest BCUT2D eigenvalue weighted by Crippen LogP contribution is 2.23. The lowest BCUT2D eigenvalue weighted by Crippen LogP contribution is -2.41. The molecule has 0 aliphatic carbocycles. The Hall–Kier alpha value is -2.43. The number of allylic oxidation sites excluding steroid dienone is 1. The maximum absolute atomic E-state index is 12.8. The van der Waals surface area contributed by atoms with Gasteiger partial charge in [0.15, 0.2) is 0 Å². The van der Waals surface area contributed by atoms with Crippen LogP contribution >= 0.6 is 0 Å². The molecule has 0 radical (unpaired) electrons. The Labute approximate surface area is 122 Å². The first-order valence-electron chi connectivity index (χ1n) is 6.96. The zero-order valence-corrected chi connectivity index (χ0v) is 12.1. The lowest BCUT2D eigenvalue weighted by Gasteiger charge is -2.26. The summed E-state index contributed by atoms with van der Waals surface area (Å²) in [6.07, 6.45) is 1.25. The van der Waals surface area contributed by atoms with Gasteiger partial charge in [-0.3, -0.25) is 14.2 Å².